The van der Waals surface area contributed by atoms with Gasteiger partial charge < -0.3 is 4.42 Å². The Morgan fingerprint density at radius 3 is 2.80 bits per heavy atom. The number of benzene rings is 1. The summed E-state index contributed by atoms with van der Waals surface area (Å²) < 4.78 is 18.4. The van der Waals surface area contributed by atoms with Crippen LogP contribution in [0.3, 0.4) is 0 Å². The van der Waals surface area contributed by atoms with Gasteiger partial charge in [0, 0.05) is 0 Å². The first-order valence-corrected chi connectivity index (χ1v) is 4.52. The third-order valence-electron chi connectivity index (χ3n) is 2.22. The molecule has 3 heteroatoms. The highest BCUT2D eigenvalue weighted by atomic mass is 19.1. The molecule has 15 heavy (non-hydrogen) atoms. The number of ketones is 1. The van der Waals surface area contributed by atoms with Gasteiger partial charge in [0.15, 0.2) is 5.78 Å². The van der Waals surface area contributed by atoms with Gasteiger partial charge in [-0.15, -0.1) is 0 Å². The molecular weight excluding hydrogens is 195 g/mol. The number of hydrogen-bond donors (Lipinski definition) is 0. The minimum absolute atomic E-state index is 0.0800. The molecular formula is C12H9FO2. The van der Waals surface area contributed by atoms with Crippen LogP contribution < -0.4 is 0 Å². The van der Waals surface area contributed by atoms with Gasteiger partial charge in [0.2, 0.25) is 0 Å². The van der Waals surface area contributed by atoms with E-state index in [0.717, 1.165) is 0 Å². The molecule has 0 fully saturated rings. The second-order valence-electron chi connectivity index (χ2n) is 3.28. The number of aryl methyl sites for hydroxylation is 1. The van der Waals surface area contributed by atoms with Crippen LogP contribution in [0.25, 0.3) is 0 Å². The van der Waals surface area contributed by atoms with Gasteiger partial charge >= 0.3 is 0 Å². The lowest BCUT2D eigenvalue weighted by Gasteiger charge is -2.02. The quantitative estimate of drug-likeness (QED) is 0.704. The van der Waals surface area contributed by atoms with Crippen molar-refractivity contribution in [2.24, 2.45) is 0 Å². The Hall–Kier alpha value is -1.90. The van der Waals surface area contributed by atoms with Crippen molar-refractivity contribution in [3.8, 4) is 0 Å². The van der Waals surface area contributed by atoms with Crippen molar-refractivity contribution in [2.45, 2.75) is 6.92 Å². The third kappa shape index (κ3) is 1.68. The van der Waals surface area contributed by atoms with Crippen molar-refractivity contribution in [1.82, 2.24) is 0 Å². The van der Waals surface area contributed by atoms with Gasteiger partial charge in [-0.2, -0.15) is 0 Å². The van der Waals surface area contributed by atoms with E-state index in [-0.39, 0.29) is 11.3 Å². The second-order valence-corrected chi connectivity index (χ2v) is 3.28. The Labute approximate surface area is 86.3 Å². The molecule has 0 N–H and O–H groups in total. The molecule has 0 aliphatic heterocycles. The van der Waals surface area contributed by atoms with Crippen molar-refractivity contribution in [3.63, 3.8) is 0 Å². The molecule has 0 bridgehead atoms. The fraction of sp³-hybridized carbons (Fsp3) is 0.0833. The highest BCUT2D eigenvalue weighted by molar-refractivity contribution is 6.09. The zero-order valence-electron chi connectivity index (χ0n) is 8.16. The van der Waals surface area contributed by atoms with E-state index in [1.54, 1.807) is 19.1 Å². The Balaban J connectivity index is 2.47. The van der Waals surface area contributed by atoms with Crippen molar-refractivity contribution in [1.29, 1.82) is 0 Å². The maximum absolute atomic E-state index is 13.6. The van der Waals surface area contributed by atoms with Gasteiger partial charge in [-0.3, -0.25) is 4.79 Å². The van der Waals surface area contributed by atoms with E-state index in [9.17, 15) is 9.18 Å². The minimum Gasteiger partial charge on any atom is -0.472 e. The van der Waals surface area contributed by atoms with Crippen molar-refractivity contribution >= 4 is 5.78 Å². The van der Waals surface area contributed by atoms with E-state index in [2.05, 4.69) is 0 Å². The molecule has 0 unspecified atom stereocenters. The molecule has 0 saturated carbocycles. The van der Waals surface area contributed by atoms with Gasteiger partial charge in [0.25, 0.3) is 0 Å². The molecule has 1 aromatic heterocycles. The normalized spacial score (nSPS) is 10.3. The maximum atomic E-state index is 13.6. The summed E-state index contributed by atoms with van der Waals surface area (Å²) in [6, 6.07) is 6.27. The number of carbonyl (C=O) groups excluding carboxylic acids is 1. The first kappa shape index (κ1) is 9.65. The van der Waals surface area contributed by atoms with Gasteiger partial charge in [-0.05, 0) is 24.6 Å². The highest BCUT2D eigenvalue weighted by Crippen LogP contribution is 2.16. The summed E-state index contributed by atoms with van der Waals surface area (Å²) in [7, 11) is 0. The van der Waals surface area contributed by atoms with E-state index < -0.39 is 5.82 Å². The highest BCUT2D eigenvalue weighted by Gasteiger charge is 2.15. The van der Waals surface area contributed by atoms with Crippen LogP contribution in [0.1, 0.15) is 21.5 Å². The molecule has 76 valence electrons. The zero-order valence-corrected chi connectivity index (χ0v) is 8.16. The van der Waals surface area contributed by atoms with E-state index in [1.165, 1.54) is 24.7 Å². The molecule has 2 aromatic rings. The topological polar surface area (TPSA) is 30.2 Å². The number of carbonyl (C=O) groups is 1. The van der Waals surface area contributed by atoms with E-state index in [4.69, 9.17) is 4.42 Å². The minimum atomic E-state index is -0.469. The Morgan fingerprint density at radius 1 is 1.33 bits per heavy atom. The Kier molecular flexibility index (Phi) is 2.37. The molecule has 0 aliphatic carbocycles. The summed E-state index contributed by atoms with van der Waals surface area (Å²) in [4.78, 5) is 11.8. The standard InChI is InChI=1S/C12H9FO2/c1-8-3-2-4-10(11(8)13)12(14)9-5-6-15-7-9/h2-7H,1H3. The fourth-order valence-corrected chi connectivity index (χ4v) is 1.37. The van der Waals surface area contributed by atoms with Crippen LogP contribution in [0.5, 0.6) is 0 Å². The van der Waals surface area contributed by atoms with Crippen LogP contribution in [-0.2, 0) is 0 Å². The van der Waals surface area contributed by atoms with Crippen LogP contribution in [0.2, 0.25) is 0 Å². The number of halogens is 1. The molecule has 0 aliphatic rings. The van der Waals surface area contributed by atoms with Crippen LogP contribution in [0.4, 0.5) is 4.39 Å². The van der Waals surface area contributed by atoms with E-state index in [0.29, 0.717) is 11.1 Å². The second kappa shape index (κ2) is 3.69. The number of furan rings is 1. The monoisotopic (exact) mass is 204 g/mol. The van der Waals surface area contributed by atoms with Crippen molar-refractivity contribution in [2.75, 3.05) is 0 Å². The van der Waals surface area contributed by atoms with Crippen LogP contribution >= 0.6 is 0 Å². The van der Waals surface area contributed by atoms with Gasteiger partial charge in [-0.1, -0.05) is 12.1 Å². The molecule has 0 spiro atoms. The fourth-order valence-electron chi connectivity index (χ4n) is 1.37. The predicted molar refractivity (Wildman–Crippen MR) is 53.3 cm³/mol. The summed E-state index contributed by atoms with van der Waals surface area (Å²) in [5.74, 6) is -0.825. The summed E-state index contributed by atoms with van der Waals surface area (Å²) in [6.45, 7) is 1.63. The largest absolute Gasteiger partial charge is 0.472 e. The third-order valence-corrected chi connectivity index (χ3v) is 2.22. The van der Waals surface area contributed by atoms with Gasteiger partial charge in [-0.25, -0.2) is 4.39 Å². The average molecular weight is 204 g/mol. The number of rotatable bonds is 2. The lowest BCUT2D eigenvalue weighted by Crippen LogP contribution is -2.04. The Morgan fingerprint density at radius 2 is 2.13 bits per heavy atom. The summed E-state index contributed by atoms with van der Waals surface area (Å²) in [5.41, 5.74) is 0.903. The van der Waals surface area contributed by atoms with Crippen LogP contribution in [0, 0.1) is 12.7 Å². The predicted octanol–water partition coefficient (Wildman–Crippen LogP) is 2.96. The SMILES string of the molecule is Cc1cccc(C(=O)c2ccoc2)c1F. The summed E-state index contributed by atoms with van der Waals surface area (Å²) in [6.07, 6.45) is 2.70. The van der Waals surface area contributed by atoms with Crippen molar-refractivity contribution in [3.05, 3.63) is 59.3 Å². The molecule has 1 aromatic carbocycles. The molecule has 0 saturated heterocycles. The molecule has 0 atom stereocenters. The maximum Gasteiger partial charge on any atom is 0.199 e. The summed E-state index contributed by atoms with van der Waals surface area (Å²) in [5, 5.41) is 0. The smallest absolute Gasteiger partial charge is 0.199 e. The van der Waals surface area contributed by atoms with E-state index in [1.807, 2.05) is 0 Å². The molecule has 0 amide bonds. The molecule has 2 rings (SSSR count). The zero-order chi connectivity index (χ0) is 10.8. The molecule has 1 heterocycles. The lowest BCUT2D eigenvalue weighted by molar-refractivity contribution is 0.103. The van der Waals surface area contributed by atoms with E-state index >= 15 is 0 Å². The first-order chi connectivity index (χ1) is 7.20. The average Bonchev–Trinajstić information content (AvgIpc) is 2.74. The van der Waals surface area contributed by atoms with Crippen molar-refractivity contribution < 1.29 is 13.6 Å². The first-order valence-electron chi connectivity index (χ1n) is 4.52. The van der Waals surface area contributed by atoms with Gasteiger partial charge in [0.1, 0.15) is 12.1 Å². The lowest BCUT2D eigenvalue weighted by atomic mass is 10.0. The number of hydrogen-bond acceptors (Lipinski definition) is 2. The summed E-state index contributed by atoms with van der Waals surface area (Å²) >= 11 is 0. The molecule has 0 radical (unpaired) electrons. The van der Waals surface area contributed by atoms with Gasteiger partial charge in [0.05, 0.1) is 17.4 Å². The molecule has 2 nitrogen and oxygen atoms in total. The van der Waals surface area contributed by atoms with Crippen LogP contribution in [-0.4, -0.2) is 5.78 Å². The Bertz CT molecular complexity index is 486. The van der Waals surface area contributed by atoms with Crippen LogP contribution in [0.15, 0.2) is 41.2 Å².